The topological polar surface area (TPSA) is 95.9 Å². The Morgan fingerprint density at radius 2 is 1.96 bits per heavy atom. The molecule has 0 bridgehead atoms. The molecular formula is C19H18N2O5S. The third kappa shape index (κ3) is 2.44. The number of ether oxygens (including phenoxy) is 1. The summed E-state index contributed by atoms with van der Waals surface area (Å²) in [5.41, 5.74) is -1.21. The zero-order chi connectivity index (χ0) is 19.2. The predicted octanol–water partition coefficient (Wildman–Crippen LogP) is 1.10. The summed E-state index contributed by atoms with van der Waals surface area (Å²) in [5, 5.41) is 15.0. The number of amides is 2. The van der Waals surface area contributed by atoms with Crippen LogP contribution in [0.4, 0.5) is 5.69 Å². The molecule has 4 atom stereocenters. The average molecular weight is 386 g/mol. The zero-order valence-electron chi connectivity index (χ0n) is 14.5. The van der Waals surface area contributed by atoms with Crippen LogP contribution in [-0.4, -0.2) is 42.1 Å². The first-order chi connectivity index (χ1) is 13.0. The fourth-order valence-electron chi connectivity index (χ4n) is 4.13. The highest BCUT2D eigenvalue weighted by molar-refractivity contribution is 7.10. The fourth-order valence-corrected chi connectivity index (χ4v) is 4.95. The molecule has 2 saturated heterocycles. The van der Waals surface area contributed by atoms with Gasteiger partial charge < -0.3 is 9.84 Å². The molecule has 2 fully saturated rings. The van der Waals surface area contributed by atoms with E-state index < -0.39 is 41.9 Å². The molecule has 0 saturated carbocycles. The number of carbonyl (C=O) groups excluding carboxylic acids is 3. The lowest BCUT2D eigenvalue weighted by Gasteiger charge is -2.30. The molecule has 2 amide bonds. The first-order valence-electron chi connectivity index (χ1n) is 8.48. The summed E-state index contributed by atoms with van der Waals surface area (Å²) in [6.45, 7) is -0.648. The van der Waals surface area contributed by atoms with Crippen LogP contribution < -0.4 is 10.2 Å². The number of anilines is 1. The first kappa shape index (κ1) is 17.8. The van der Waals surface area contributed by atoms with Crippen molar-refractivity contribution in [2.45, 2.75) is 11.6 Å². The minimum atomic E-state index is -1.66. The zero-order valence-corrected chi connectivity index (χ0v) is 15.3. The number of aliphatic hydroxyl groups excluding tert-OH is 1. The maximum absolute atomic E-state index is 13.3. The van der Waals surface area contributed by atoms with Crippen LogP contribution in [-0.2, 0) is 19.1 Å². The van der Waals surface area contributed by atoms with Gasteiger partial charge in [-0.05, 0) is 23.6 Å². The Morgan fingerprint density at radius 3 is 2.56 bits per heavy atom. The van der Waals surface area contributed by atoms with E-state index in [1.165, 1.54) is 18.4 Å². The summed E-state index contributed by atoms with van der Waals surface area (Å²) in [4.78, 5) is 41.0. The van der Waals surface area contributed by atoms with Crippen molar-refractivity contribution in [2.75, 3.05) is 18.6 Å². The Morgan fingerprint density at radius 1 is 1.22 bits per heavy atom. The van der Waals surface area contributed by atoms with Crippen molar-refractivity contribution in [1.29, 1.82) is 0 Å². The van der Waals surface area contributed by atoms with E-state index in [0.717, 1.165) is 9.78 Å². The lowest BCUT2D eigenvalue weighted by Crippen LogP contribution is -2.58. The molecule has 0 unspecified atom stereocenters. The second-order valence-electron chi connectivity index (χ2n) is 6.61. The van der Waals surface area contributed by atoms with Gasteiger partial charge in [-0.25, -0.2) is 9.69 Å². The number of esters is 1. The van der Waals surface area contributed by atoms with Gasteiger partial charge in [0.15, 0.2) is 5.54 Å². The number of thiophene rings is 1. The van der Waals surface area contributed by atoms with Crippen LogP contribution in [0.3, 0.4) is 0 Å². The van der Waals surface area contributed by atoms with Gasteiger partial charge in [0.25, 0.3) is 0 Å². The number of hydrogen-bond donors (Lipinski definition) is 2. The molecule has 2 N–H and O–H groups in total. The monoisotopic (exact) mass is 386 g/mol. The van der Waals surface area contributed by atoms with Gasteiger partial charge in [-0.15, -0.1) is 11.3 Å². The van der Waals surface area contributed by atoms with Crippen LogP contribution >= 0.6 is 11.3 Å². The second kappa shape index (κ2) is 6.56. The number of hydrogen-bond acceptors (Lipinski definition) is 7. The molecule has 2 aliphatic heterocycles. The van der Waals surface area contributed by atoms with Crippen molar-refractivity contribution in [1.82, 2.24) is 5.32 Å². The molecule has 4 rings (SSSR count). The Kier molecular flexibility index (Phi) is 4.33. The number of nitrogens with one attached hydrogen (secondary N) is 1. The van der Waals surface area contributed by atoms with E-state index in [1.807, 2.05) is 17.5 Å². The van der Waals surface area contributed by atoms with Crippen LogP contribution in [0.1, 0.15) is 10.9 Å². The normalized spacial score (nSPS) is 29.9. The number of carbonyl (C=O) groups is 3. The van der Waals surface area contributed by atoms with Crippen molar-refractivity contribution in [2.24, 2.45) is 11.8 Å². The van der Waals surface area contributed by atoms with Gasteiger partial charge in [0.2, 0.25) is 11.8 Å². The van der Waals surface area contributed by atoms with Gasteiger partial charge in [-0.2, -0.15) is 0 Å². The molecule has 1 aromatic heterocycles. The van der Waals surface area contributed by atoms with Gasteiger partial charge in [-0.3, -0.25) is 14.9 Å². The van der Waals surface area contributed by atoms with Gasteiger partial charge in [0, 0.05) is 4.88 Å². The summed E-state index contributed by atoms with van der Waals surface area (Å²) in [5.74, 6) is -3.50. The standard InChI is InChI=1S/C19H18N2O5S/c1-26-18(25)19(10-22)14-13(15(20-19)12-8-5-9-27-12)16(23)21(17(14)24)11-6-3-2-4-7-11/h2-9,13-15,20,22H,10H2,1H3/t13-,14-,15-,19+/m0/s1. The van der Waals surface area contributed by atoms with Crippen molar-refractivity contribution in [3.63, 3.8) is 0 Å². The molecule has 1 aromatic carbocycles. The predicted molar refractivity (Wildman–Crippen MR) is 97.9 cm³/mol. The van der Waals surface area contributed by atoms with E-state index in [-0.39, 0.29) is 5.91 Å². The Hall–Kier alpha value is -2.55. The van der Waals surface area contributed by atoms with E-state index in [1.54, 1.807) is 30.3 Å². The number of benzene rings is 1. The quantitative estimate of drug-likeness (QED) is 0.604. The molecule has 0 aliphatic carbocycles. The van der Waals surface area contributed by atoms with E-state index in [2.05, 4.69) is 5.32 Å². The van der Waals surface area contributed by atoms with E-state index in [4.69, 9.17) is 4.74 Å². The molecular weight excluding hydrogens is 368 g/mol. The summed E-state index contributed by atoms with van der Waals surface area (Å²) in [6, 6.07) is 11.7. The molecule has 0 spiro atoms. The molecule has 27 heavy (non-hydrogen) atoms. The van der Waals surface area contributed by atoms with E-state index >= 15 is 0 Å². The summed E-state index contributed by atoms with van der Waals surface area (Å²) in [7, 11) is 1.20. The van der Waals surface area contributed by atoms with Crippen LogP contribution in [0.5, 0.6) is 0 Å². The minimum Gasteiger partial charge on any atom is -0.468 e. The summed E-state index contributed by atoms with van der Waals surface area (Å²) >= 11 is 1.42. The third-order valence-corrected chi connectivity index (χ3v) is 6.27. The van der Waals surface area contributed by atoms with E-state index in [9.17, 15) is 19.5 Å². The fraction of sp³-hybridized carbons (Fsp3) is 0.316. The minimum absolute atomic E-state index is 0.388. The van der Waals surface area contributed by atoms with Gasteiger partial charge >= 0.3 is 5.97 Å². The van der Waals surface area contributed by atoms with Gasteiger partial charge in [-0.1, -0.05) is 24.3 Å². The number of imide groups is 1. The highest BCUT2D eigenvalue weighted by Gasteiger charge is 2.69. The molecule has 8 heteroatoms. The van der Waals surface area contributed by atoms with Crippen LogP contribution in [0, 0.1) is 11.8 Å². The molecule has 7 nitrogen and oxygen atoms in total. The Labute approximate surface area is 159 Å². The summed E-state index contributed by atoms with van der Waals surface area (Å²) < 4.78 is 4.89. The van der Waals surface area contributed by atoms with Crippen LogP contribution in [0.2, 0.25) is 0 Å². The van der Waals surface area contributed by atoms with Crippen molar-refractivity contribution in [3.05, 3.63) is 52.7 Å². The average Bonchev–Trinajstić information content (AvgIpc) is 3.39. The molecule has 140 valence electrons. The maximum atomic E-state index is 13.3. The number of rotatable bonds is 4. The number of methoxy groups -OCH3 is 1. The summed E-state index contributed by atoms with van der Waals surface area (Å²) in [6.07, 6.45) is 0. The Bertz CT molecular complexity index is 885. The molecule has 0 radical (unpaired) electrons. The lowest BCUT2D eigenvalue weighted by molar-refractivity contribution is -0.154. The Balaban J connectivity index is 1.85. The largest absolute Gasteiger partial charge is 0.468 e. The van der Waals surface area contributed by atoms with Crippen molar-refractivity contribution >= 4 is 34.8 Å². The number of fused-ring (bicyclic) bond motifs is 1. The van der Waals surface area contributed by atoms with Crippen LogP contribution in [0.15, 0.2) is 47.8 Å². The lowest BCUT2D eigenvalue weighted by atomic mass is 9.80. The van der Waals surface area contributed by atoms with Crippen molar-refractivity contribution < 1.29 is 24.2 Å². The van der Waals surface area contributed by atoms with Gasteiger partial charge in [0.05, 0.1) is 37.3 Å². The smallest absolute Gasteiger partial charge is 0.329 e. The molecule has 3 heterocycles. The maximum Gasteiger partial charge on any atom is 0.329 e. The number of para-hydroxylation sites is 1. The number of nitrogens with zero attached hydrogens (tertiary/aromatic N) is 1. The van der Waals surface area contributed by atoms with Crippen molar-refractivity contribution in [3.8, 4) is 0 Å². The highest BCUT2D eigenvalue weighted by Crippen LogP contribution is 2.50. The third-order valence-electron chi connectivity index (χ3n) is 5.32. The first-order valence-corrected chi connectivity index (χ1v) is 9.36. The van der Waals surface area contributed by atoms with Gasteiger partial charge in [0.1, 0.15) is 0 Å². The van der Waals surface area contributed by atoms with E-state index in [0.29, 0.717) is 5.69 Å². The number of aliphatic hydroxyl groups is 1. The molecule has 2 aromatic rings. The SMILES string of the molecule is COC(=O)[C@]1(CO)N[C@@H](c2cccs2)[C@H]2C(=O)N(c3ccccc3)C(=O)[C@H]21. The highest BCUT2D eigenvalue weighted by atomic mass is 32.1. The second-order valence-corrected chi connectivity index (χ2v) is 7.59. The van der Waals surface area contributed by atoms with Crippen LogP contribution in [0.25, 0.3) is 0 Å². The molecule has 2 aliphatic rings.